The van der Waals surface area contributed by atoms with Gasteiger partial charge in [0, 0.05) is 13.6 Å². The summed E-state index contributed by atoms with van der Waals surface area (Å²) in [4.78, 5) is 4.53. The minimum atomic E-state index is 0.166. The molecule has 2 aromatic carbocycles. The van der Waals surface area contributed by atoms with Gasteiger partial charge in [0.1, 0.15) is 0 Å². The van der Waals surface area contributed by atoms with E-state index in [1.807, 2.05) is 31.4 Å². The number of rotatable bonds is 4. The van der Waals surface area contributed by atoms with Crippen LogP contribution in [0.1, 0.15) is 31.9 Å². The van der Waals surface area contributed by atoms with Gasteiger partial charge >= 0.3 is 0 Å². The third kappa shape index (κ3) is 3.51. The lowest BCUT2D eigenvalue weighted by Crippen LogP contribution is -2.12. The van der Waals surface area contributed by atoms with Crippen LogP contribution < -0.4 is 5.32 Å². The van der Waals surface area contributed by atoms with Gasteiger partial charge in [0.25, 0.3) is 0 Å². The van der Waals surface area contributed by atoms with Crippen LogP contribution in [0.25, 0.3) is 11.3 Å². The Labute approximate surface area is 144 Å². The van der Waals surface area contributed by atoms with Crippen molar-refractivity contribution in [2.45, 2.75) is 32.7 Å². The Morgan fingerprint density at radius 1 is 1.00 bits per heavy atom. The van der Waals surface area contributed by atoms with Gasteiger partial charge in [-0.2, -0.15) is 0 Å². The topological polar surface area (TPSA) is 29.9 Å². The molecule has 1 aromatic heterocycles. The van der Waals surface area contributed by atoms with E-state index in [0.717, 1.165) is 18.2 Å². The summed E-state index contributed by atoms with van der Waals surface area (Å²) in [6.45, 7) is 7.49. The Hall–Kier alpha value is -2.55. The van der Waals surface area contributed by atoms with E-state index in [4.69, 9.17) is 0 Å². The molecule has 0 aliphatic carbocycles. The minimum Gasteiger partial charge on any atom is -0.352 e. The predicted octanol–water partition coefficient (Wildman–Crippen LogP) is 5.00. The summed E-state index contributed by atoms with van der Waals surface area (Å²) < 4.78 is 2.10. The molecule has 124 valence electrons. The van der Waals surface area contributed by atoms with Crippen molar-refractivity contribution in [3.8, 4) is 11.3 Å². The highest BCUT2D eigenvalue weighted by atomic mass is 15.2. The summed E-state index contributed by atoms with van der Waals surface area (Å²) in [6.07, 6.45) is 1.92. The maximum absolute atomic E-state index is 4.53. The summed E-state index contributed by atoms with van der Waals surface area (Å²) in [5.74, 6) is 0.884. The molecule has 1 N–H and O–H groups in total. The lowest BCUT2D eigenvalue weighted by Gasteiger charge is -2.20. The lowest BCUT2D eigenvalue weighted by atomic mass is 9.86. The van der Waals surface area contributed by atoms with Crippen molar-refractivity contribution in [2.75, 3.05) is 5.32 Å². The summed E-state index contributed by atoms with van der Waals surface area (Å²) in [5, 5.41) is 3.45. The van der Waals surface area contributed by atoms with Crippen molar-refractivity contribution in [1.29, 1.82) is 0 Å². The van der Waals surface area contributed by atoms with E-state index < -0.39 is 0 Å². The molecule has 3 rings (SSSR count). The van der Waals surface area contributed by atoms with Gasteiger partial charge in [-0.3, -0.25) is 0 Å². The van der Waals surface area contributed by atoms with Gasteiger partial charge < -0.3 is 9.88 Å². The molecule has 0 saturated heterocycles. The highest BCUT2D eigenvalue weighted by Gasteiger charge is 2.14. The van der Waals surface area contributed by atoms with Crippen molar-refractivity contribution < 1.29 is 0 Å². The fourth-order valence-corrected chi connectivity index (χ4v) is 2.78. The van der Waals surface area contributed by atoms with Crippen molar-refractivity contribution in [3.63, 3.8) is 0 Å². The molecular formula is C21H25N3. The smallest absolute Gasteiger partial charge is 0.203 e. The first-order chi connectivity index (χ1) is 11.4. The molecule has 24 heavy (non-hydrogen) atoms. The number of hydrogen-bond acceptors (Lipinski definition) is 2. The second-order valence-corrected chi connectivity index (χ2v) is 7.20. The molecule has 3 aromatic rings. The van der Waals surface area contributed by atoms with Crippen LogP contribution in [-0.4, -0.2) is 9.55 Å². The molecule has 0 saturated carbocycles. The number of anilines is 1. The molecule has 0 aliphatic heterocycles. The average molecular weight is 319 g/mol. The molecule has 0 unspecified atom stereocenters. The first-order valence-electron chi connectivity index (χ1n) is 8.35. The molecular weight excluding hydrogens is 294 g/mol. The SMILES string of the molecule is Cn1c(-c2ccccc2)cnc1NCc1cccc(C(C)(C)C)c1. The lowest BCUT2D eigenvalue weighted by molar-refractivity contribution is 0.589. The van der Waals surface area contributed by atoms with Crippen LogP contribution >= 0.6 is 0 Å². The molecule has 3 heteroatoms. The number of benzene rings is 2. The van der Waals surface area contributed by atoms with Gasteiger partial charge in [-0.15, -0.1) is 0 Å². The number of hydrogen-bond donors (Lipinski definition) is 1. The second-order valence-electron chi connectivity index (χ2n) is 7.20. The van der Waals surface area contributed by atoms with Gasteiger partial charge in [0.05, 0.1) is 11.9 Å². The van der Waals surface area contributed by atoms with Crippen LogP contribution in [0.5, 0.6) is 0 Å². The maximum Gasteiger partial charge on any atom is 0.203 e. The number of imidazole rings is 1. The largest absolute Gasteiger partial charge is 0.352 e. The quantitative estimate of drug-likeness (QED) is 0.733. The van der Waals surface area contributed by atoms with Gasteiger partial charge in [0.2, 0.25) is 5.95 Å². The van der Waals surface area contributed by atoms with Crippen LogP contribution in [0, 0.1) is 0 Å². The van der Waals surface area contributed by atoms with Gasteiger partial charge in [-0.05, 0) is 22.1 Å². The first-order valence-corrected chi connectivity index (χ1v) is 8.35. The Kier molecular flexibility index (Phi) is 4.43. The monoisotopic (exact) mass is 319 g/mol. The molecule has 0 fully saturated rings. The zero-order valence-electron chi connectivity index (χ0n) is 14.9. The third-order valence-corrected chi connectivity index (χ3v) is 4.30. The van der Waals surface area contributed by atoms with E-state index >= 15 is 0 Å². The molecule has 0 atom stereocenters. The average Bonchev–Trinajstić information content (AvgIpc) is 2.94. The standard InChI is InChI=1S/C21H25N3/c1-21(2,3)18-12-8-9-16(13-18)14-22-20-23-15-19(24(20)4)17-10-6-5-7-11-17/h5-13,15H,14H2,1-4H3,(H,22,23). The fraction of sp³-hybridized carbons (Fsp3) is 0.286. The van der Waals surface area contributed by atoms with Crippen LogP contribution in [0.2, 0.25) is 0 Å². The molecule has 0 bridgehead atoms. The van der Waals surface area contributed by atoms with Gasteiger partial charge in [-0.25, -0.2) is 4.98 Å². The Bertz CT molecular complexity index is 811. The van der Waals surface area contributed by atoms with Crippen molar-refractivity contribution in [3.05, 3.63) is 71.9 Å². The van der Waals surface area contributed by atoms with Crippen LogP contribution in [-0.2, 0) is 19.0 Å². The Balaban J connectivity index is 1.75. The van der Waals surface area contributed by atoms with Crippen molar-refractivity contribution >= 4 is 5.95 Å². The van der Waals surface area contributed by atoms with Crippen molar-refractivity contribution in [2.24, 2.45) is 7.05 Å². The van der Waals surface area contributed by atoms with Crippen LogP contribution in [0.3, 0.4) is 0 Å². The summed E-state index contributed by atoms with van der Waals surface area (Å²) >= 11 is 0. The molecule has 1 heterocycles. The normalized spacial score (nSPS) is 11.5. The number of nitrogens with zero attached hydrogens (tertiary/aromatic N) is 2. The van der Waals surface area contributed by atoms with E-state index in [-0.39, 0.29) is 5.41 Å². The van der Waals surface area contributed by atoms with Gasteiger partial charge in [-0.1, -0.05) is 75.4 Å². The van der Waals surface area contributed by atoms with Gasteiger partial charge in [0.15, 0.2) is 0 Å². The fourth-order valence-electron chi connectivity index (χ4n) is 2.78. The zero-order valence-corrected chi connectivity index (χ0v) is 14.9. The van der Waals surface area contributed by atoms with E-state index in [0.29, 0.717) is 0 Å². The Morgan fingerprint density at radius 2 is 1.75 bits per heavy atom. The first kappa shape index (κ1) is 16.3. The van der Waals surface area contributed by atoms with Crippen LogP contribution in [0.15, 0.2) is 60.8 Å². The minimum absolute atomic E-state index is 0.166. The summed E-state index contributed by atoms with van der Waals surface area (Å²) in [5.41, 5.74) is 5.08. The van der Waals surface area contributed by atoms with E-state index in [9.17, 15) is 0 Å². The second kappa shape index (κ2) is 6.52. The highest BCUT2D eigenvalue weighted by molar-refractivity contribution is 5.61. The van der Waals surface area contributed by atoms with E-state index in [1.54, 1.807) is 0 Å². The Morgan fingerprint density at radius 3 is 2.46 bits per heavy atom. The van der Waals surface area contributed by atoms with Crippen LogP contribution in [0.4, 0.5) is 5.95 Å². The molecule has 0 radical (unpaired) electrons. The predicted molar refractivity (Wildman–Crippen MR) is 101 cm³/mol. The maximum atomic E-state index is 4.53. The summed E-state index contributed by atoms with van der Waals surface area (Å²) in [6, 6.07) is 19.1. The third-order valence-electron chi connectivity index (χ3n) is 4.30. The van der Waals surface area contributed by atoms with E-state index in [2.05, 4.69) is 72.0 Å². The number of aromatic nitrogens is 2. The molecule has 3 nitrogen and oxygen atoms in total. The number of nitrogens with one attached hydrogen (secondary N) is 1. The summed E-state index contributed by atoms with van der Waals surface area (Å²) in [7, 11) is 2.04. The molecule has 0 amide bonds. The highest BCUT2D eigenvalue weighted by Crippen LogP contribution is 2.24. The van der Waals surface area contributed by atoms with Crippen molar-refractivity contribution in [1.82, 2.24) is 9.55 Å². The molecule has 0 spiro atoms. The zero-order chi connectivity index (χ0) is 17.2. The van der Waals surface area contributed by atoms with E-state index in [1.165, 1.54) is 16.7 Å². The molecule has 0 aliphatic rings.